The molecule has 0 unspecified atom stereocenters. The SMILES string of the molecule is CCCCC(C)(CCCC)C(CCCCCN)(NN)C(C)(CCCC)CCCC. The van der Waals surface area contributed by atoms with Gasteiger partial charge in [0.05, 0.1) is 0 Å². The molecule has 0 saturated heterocycles. The number of nitrogens with two attached hydrogens (primary N) is 2. The molecule has 0 rings (SSSR count). The summed E-state index contributed by atoms with van der Waals surface area (Å²) >= 11 is 0. The maximum Gasteiger partial charge on any atom is 0.0428 e. The largest absolute Gasteiger partial charge is 0.330 e. The highest BCUT2D eigenvalue weighted by Gasteiger charge is 2.56. The van der Waals surface area contributed by atoms with Crippen LogP contribution in [-0.4, -0.2) is 12.1 Å². The normalized spacial score (nSPS) is 13.2. The van der Waals surface area contributed by atoms with Crippen molar-refractivity contribution in [3.05, 3.63) is 0 Å². The average Bonchev–Trinajstić information content (AvgIpc) is 2.73. The molecule has 3 nitrogen and oxygen atoms in total. The minimum atomic E-state index is -0.0106. The smallest absolute Gasteiger partial charge is 0.0428 e. The Kier molecular flexibility index (Phi) is 15.6. The Labute approximate surface area is 184 Å². The second kappa shape index (κ2) is 15.6. The highest BCUT2D eigenvalue weighted by atomic mass is 15.3. The summed E-state index contributed by atoms with van der Waals surface area (Å²) in [5.41, 5.74) is 9.83. The molecule has 0 atom stereocenters. The van der Waals surface area contributed by atoms with Crippen LogP contribution in [0.5, 0.6) is 0 Å². The third-order valence-corrected chi connectivity index (χ3v) is 7.89. The summed E-state index contributed by atoms with van der Waals surface area (Å²) in [6.07, 6.45) is 20.1. The predicted molar refractivity (Wildman–Crippen MR) is 132 cm³/mol. The molecule has 0 amide bonds. The van der Waals surface area contributed by atoms with Crippen LogP contribution in [0.3, 0.4) is 0 Å². The van der Waals surface area contributed by atoms with Gasteiger partial charge in [-0.15, -0.1) is 0 Å². The zero-order valence-electron chi connectivity index (χ0n) is 21.2. The highest BCUT2D eigenvalue weighted by molar-refractivity contribution is 5.10. The van der Waals surface area contributed by atoms with Crippen molar-refractivity contribution in [3.8, 4) is 0 Å². The number of unbranched alkanes of at least 4 members (excludes halogenated alkanes) is 6. The number of hydrazine groups is 1. The number of rotatable bonds is 20. The number of nitrogens with one attached hydrogen (secondary N) is 1. The summed E-state index contributed by atoms with van der Waals surface area (Å²) in [4.78, 5) is 0. The van der Waals surface area contributed by atoms with Crippen molar-refractivity contribution in [2.75, 3.05) is 6.54 Å². The van der Waals surface area contributed by atoms with Crippen molar-refractivity contribution in [2.45, 2.75) is 150 Å². The molecule has 0 bridgehead atoms. The molecule has 0 heterocycles. The second-order valence-electron chi connectivity index (χ2n) is 10.2. The first kappa shape index (κ1) is 28.9. The van der Waals surface area contributed by atoms with E-state index in [0.717, 1.165) is 13.0 Å². The van der Waals surface area contributed by atoms with Crippen molar-refractivity contribution < 1.29 is 0 Å². The molecule has 29 heavy (non-hydrogen) atoms. The van der Waals surface area contributed by atoms with Gasteiger partial charge in [0.2, 0.25) is 0 Å². The van der Waals surface area contributed by atoms with Gasteiger partial charge < -0.3 is 5.73 Å². The fourth-order valence-corrected chi connectivity index (χ4v) is 5.84. The average molecular weight is 412 g/mol. The topological polar surface area (TPSA) is 64.1 Å². The van der Waals surface area contributed by atoms with E-state index in [-0.39, 0.29) is 16.4 Å². The Morgan fingerprint density at radius 2 is 0.931 bits per heavy atom. The molecule has 176 valence electrons. The van der Waals surface area contributed by atoms with Gasteiger partial charge in [-0.05, 0) is 55.9 Å². The van der Waals surface area contributed by atoms with Crippen LogP contribution in [-0.2, 0) is 0 Å². The second-order valence-corrected chi connectivity index (χ2v) is 10.2. The van der Waals surface area contributed by atoms with Gasteiger partial charge in [-0.2, -0.15) is 0 Å². The van der Waals surface area contributed by atoms with Gasteiger partial charge in [0.25, 0.3) is 0 Å². The van der Waals surface area contributed by atoms with E-state index in [9.17, 15) is 0 Å². The first-order valence-corrected chi connectivity index (χ1v) is 13.0. The van der Waals surface area contributed by atoms with E-state index in [4.69, 9.17) is 11.6 Å². The first-order valence-electron chi connectivity index (χ1n) is 13.0. The highest BCUT2D eigenvalue weighted by Crippen LogP contribution is 2.56. The summed E-state index contributed by atoms with van der Waals surface area (Å²) in [6.45, 7) is 15.2. The van der Waals surface area contributed by atoms with Crippen LogP contribution in [0.25, 0.3) is 0 Å². The van der Waals surface area contributed by atoms with Gasteiger partial charge in [0.1, 0.15) is 0 Å². The fraction of sp³-hybridized carbons (Fsp3) is 1.00. The summed E-state index contributed by atoms with van der Waals surface area (Å²) in [5, 5.41) is 0. The van der Waals surface area contributed by atoms with Crippen LogP contribution >= 0.6 is 0 Å². The van der Waals surface area contributed by atoms with Crippen LogP contribution in [0.1, 0.15) is 144 Å². The Hall–Kier alpha value is -0.120. The van der Waals surface area contributed by atoms with Gasteiger partial charge in [0.15, 0.2) is 0 Å². The Morgan fingerprint density at radius 1 is 0.552 bits per heavy atom. The fourth-order valence-electron chi connectivity index (χ4n) is 5.84. The molecule has 0 saturated carbocycles. The van der Waals surface area contributed by atoms with Gasteiger partial charge in [-0.1, -0.05) is 106 Å². The van der Waals surface area contributed by atoms with E-state index < -0.39 is 0 Å². The third kappa shape index (κ3) is 8.15. The lowest BCUT2D eigenvalue weighted by Crippen LogP contribution is -2.68. The molecule has 0 aromatic heterocycles. The maximum absolute atomic E-state index is 6.61. The maximum atomic E-state index is 6.61. The van der Waals surface area contributed by atoms with Crippen LogP contribution in [0.15, 0.2) is 0 Å². The van der Waals surface area contributed by atoms with E-state index in [2.05, 4.69) is 47.0 Å². The van der Waals surface area contributed by atoms with E-state index in [1.807, 2.05) is 0 Å². The molecule has 0 aliphatic heterocycles. The van der Waals surface area contributed by atoms with Crippen molar-refractivity contribution in [1.82, 2.24) is 5.43 Å². The molecular weight excluding hydrogens is 354 g/mol. The van der Waals surface area contributed by atoms with Gasteiger partial charge in [0, 0.05) is 5.54 Å². The molecule has 0 aliphatic carbocycles. The van der Waals surface area contributed by atoms with Crippen molar-refractivity contribution >= 4 is 0 Å². The van der Waals surface area contributed by atoms with E-state index in [1.54, 1.807) is 0 Å². The molecule has 0 aromatic rings. The van der Waals surface area contributed by atoms with E-state index in [0.29, 0.717) is 0 Å². The van der Waals surface area contributed by atoms with Gasteiger partial charge >= 0.3 is 0 Å². The zero-order valence-corrected chi connectivity index (χ0v) is 21.2. The Bertz CT molecular complexity index is 338. The molecule has 5 N–H and O–H groups in total. The molecule has 0 aromatic carbocycles. The van der Waals surface area contributed by atoms with Crippen LogP contribution in [0.4, 0.5) is 0 Å². The summed E-state index contributed by atoms with van der Waals surface area (Å²) in [5.74, 6) is 6.61. The lowest BCUT2D eigenvalue weighted by Gasteiger charge is -2.59. The minimum absolute atomic E-state index is 0.0106. The van der Waals surface area contributed by atoms with Crippen LogP contribution in [0, 0.1) is 10.8 Å². The van der Waals surface area contributed by atoms with E-state index in [1.165, 1.54) is 96.3 Å². The van der Waals surface area contributed by atoms with Crippen molar-refractivity contribution in [3.63, 3.8) is 0 Å². The van der Waals surface area contributed by atoms with Crippen LogP contribution < -0.4 is 17.0 Å². The van der Waals surface area contributed by atoms with Gasteiger partial charge in [-0.25, -0.2) is 0 Å². The lowest BCUT2D eigenvalue weighted by atomic mass is 9.50. The van der Waals surface area contributed by atoms with Crippen molar-refractivity contribution in [2.24, 2.45) is 22.4 Å². The molecular formula is C26H57N3. The Balaban J connectivity index is 6.21. The predicted octanol–water partition coefficient (Wildman–Crippen LogP) is 7.48. The molecule has 0 spiro atoms. The monoisotopic (exact) mass is 411 g/mol. The lowest BCUT2D eigenvalue weighted by molar-refractivity contribution is -0.0563. The standard InChI is InChI=1S/C26H57N3/c1-7-11-18-24(5,19-12-8-2)26(29-28,22-16-15-17-23-27)25(6,20-13-9-3)21-14-10-4/h29H,7-23,27-28H2,1-6H3. The number of hydrogen-bond acceptors (Lipinski definition) is 3. The quantitative estimate of drug-likeness (QED) is 0.110. The summed E-state index contributed by atoms with van der Waals surface area (Å²) in [6, 6.07) is 0. The summed E-state index contributed by atoms with van der Waals surface area (Å²) < 4.78 is 0. The Morgan fingerprint density at radius 3 is 1.21 bits per heavy atom. The number of hydrogen-bond donors (Lipinski definition) is 3. The third-order valence-electron chi connectivity index (χ3n) is 7.89. The van der Waals surface area contributed by atoms with Crippen molar-refractivity contribution in [1.29, 1.82) is 0 Å². The molecule has 0 aliphatic rings. The molecule has 0 fully saturated rings. The van der Waals surface area contributed by atoms with Gasteiger partial charge in [-0.3, -0.25) is 11.3 Å². The molecule has 0 radical (unpaired) electrons. The summed E-state index contributed by atoms with van der Waals surface area (Å²) in [7, 11) is 0. The van der Waals surface area contributed by atoms with E-state index >= 15 is 0 Å². The zero-order chi connectivity index (χ0) is 22.2. The van der Waals surface area contributed by atoms with Crippen LogP contribution in [0.2, 0.25) is 0 Å². The first-order chi connectivity index (χ1) is 13.9. The molecule has 3 heteroatoms. The minimum Gasteiger partial charge on any atom is -0.330 e.